The van der Waals surface area contributed by atoms with E-state index in [0.717, 1.165) is 43.8 Å². The molecule has 1 aliphatic carbocycles. The smallest absolute Gasteiger partial charge is 0.228 e. The molecule has 2 atom stereocenters. The van der Waals surface area contributed by atoms with Crippen LogP contribution >= 0.6 is 0 Å². The quantitative estimate of drug-likeness (QED) is 0.802. The summed E-state index contributed by atoms with van der Waals surface area (Å²) in [6.45, 7) is 4.74. The summed E-state index contributed by atoms with van der Waals surface area (Å²) in [4.78, 5) is 31.4. The van der Waals surface area contributed by atoms with Gasteiger partial charge in [-0.25, -0.2) is 0 Å². The van der Waals surface area contributed by atoms with Gasteiger partial charge in [0.25, 0.3) is 0 Å². The second-order valence-electron chi connectivity index (χ2n) is 7.06. The molecule has 0 spiro atoms. The van der Waals surface area contributed by atoms with Crippen LogP contribution in [0.4, 0.5) is 5.69 Å². The Morgan fingerprint density at radius 2 is 1.89 bits per heavy atom. The van der Waals surface area contributed by atoms with Crippen LogP contribution in [0.15, 0.2) is 36.5 Å². The van der Waals surface area contributed by atoms with Crippen molar-refractivity contribution in [2.45, 2.75) is 6.42 Å². The van der Waals surface area contributed by atoms with Crippen LogP contribution in [0.3, 0.4) is 0 Å². The van der Waals surface area contributed by atoms with E-state index in [9.17, 15) is 9.59 Å². The Kier molecular flexibility index (Phi) is 5.31. The maximum atomic E-state index is 12.5. The molecule has 2 fully saturated rings. The third kappa shape index (κ3) is 4.26. The minimum Gasteiger partial charge on any atom is -0.379 e. The van der Waals surface area contributed by atoms with Gasteiger partial charge < -0.3 is 15.4 Å². The van der Waals surface area contributed by atoms with Gasteiger partial charge in [0.2, 0.25) is 11.8 Å². The van der Waals surface area contributed by atoms with Gasteiger partial charge in [0.05, 0.1) is 36.3 Å². The Bertz CT molecular complexity index is 830. The number of para-hydroxylation sites is 1. The third-order valence-corrected chi connectivity index (χ3v) is 5.19. The number of hydrogen-bond donors (Lipinski definition) is 2. The van der Waals surface area contributed by atoms with E-state index in [1.807, 2.05) is 30.3 Å². The van der Waals surface area contributed by atoms with Gasteiger partial charge in [-0.05, 0) is 18.6 Å². The van der Waals surface area contributed by atoms with Crippen LogP contribution in [0.1, 0.15) is 6.42 Å². The number of rotatable bonds is 6. The molecule has 27 heavy (non-hydrogen) atoms. The molecular formula is C20H24N4O3. The van der Waals surface area contributed by atoms with E-state index in [0.29, 0.717) is 18.7 Å². The largest absolute Gasteiger partial charge is 0.379 e. The Labute approximate surface area is 158 Å². The van der Waals surface area contributed by atoms with Crippen LogP contribution < -0.4 is 10.6 Å². The number of carbonyl (C=O) groups is 2. The summed E-state index contributed by atoms with van der Waals surface area (Å²) in [6.07, 6.45) is 2.31. The van der Waals surface area contributed by atoms with Crippen molar-refractivity contribution in [1.29, 1.82) is 0 Å². The highest BCUT2D eigenvalue weighted by Crippen LogP contribution is 2.39. The monoisotopic (exact) mass is 368 g/mol. The van der Waals surface area contributed by atoms with Gasteiger partial charge in [-0.3, -0.25) is 19.5 Å². The maximum absolute atomic E-state index is 12.5. The van der Waals surface area contributed by atoms with Crippen LogP contribution in [0.2, 0.25) is 0 Å². The van der Waals surface area contributed by atoms with E-state index in [2.05, 4.69) is 20.5 Å². The lowest BCUT2D eigenvalue weighted by Crippen LogP contribution is -2.41. The fraction of sp³-hybridized carbons (Fsp3) is 0.450. The lowest BCUT2D eigenvalue weighted by atomic mass is 10.2. The van der Waals surface area contributed by atoms with Crippen LogP contribution in [-0.4, -0.2) is 61.1 Å². The van der Waals surface area contributed by atoms with Gasteiger partial charge in [0.1, 0.15) is 0 Å². The SMILES string of the molecule is O=C(NCCN1CCOCC1)C1CC1C(=O)Nc1cccc2cccnc12. The molecule has 1 aromatic carbocycles. The van der Waals surface area contributed by atoms with Crippen molar-refractivity contribution in [2.24, 2.45) is 11.8 Å². The number of aromatic nitrogens is 1. The number of nitrogens with one attached hydrogen (secondary N) is 2. The number of hydrogen-bond acceptors (Lipinski definition) is 5. The Morgan fingerprint density at radius 1 is 1.11 bits per heavy atom. The van der Waals surface area contributed by atoms with Gasteiger partial charge in [-0.15, -0.1) is 0 Å². The number of fused-ring (bicyclic) bond motifs is 1. The van der Waals surface area contributed by atoms with E-state index in [-0.39, 0.29) is 23.7 Å². The zero-order valence-corrected chi connectivity index (χ0v) is 15.2. The van der Waals surface area contributed by atoms with Gasteiger partial charge in [-0.2, -0.15) is 0 Å². The van der Waals surface area contributed by atoms with Crippen molar-refractivity contribution in [3.8, 4) is 0 Å². The highest BCUT2D eigenvalue weighted by molar-refractivity contribution is 6.04. The molecule has 2 N–H and O–H groups in total. The summed E-state index contributed by atoms with van der Waals surface area (Å²) in [5.74, 6) is -0.620. The molecule has 7 nitrogen and oxygen atoms in total. The standard InChI is InChI=1S/C20H24N4O3/c25-19(22-7-8-24-9-11-27-12-10-24)15-13-16(15)20(26)23-17-5-1-3-14-4-2-6-21-18(14)17/h1-6,15-16H,7-13H2,(H,22,25)(H,23,26). The lowest BCUT2D eigenvalue weighted by Gasteiger charge is -2.26. The average Bonchev–Trinajstić information content (AvgIpc) is 3.50. The molecule has 2 heterocycles. The molecule has 0 bridgehead atoms. The van der Waals surface area contributed by atoms with Crippen LogP contribution in [0.25, 0.3) is 10.9 Å². The summed E-state index contributed by atoms with van der Waals surface area (Å²) in [7, 11) is 0. The molecule has 7 heteroatoms. The maximum Gasteiger partial charge on any atom is 0.228 e. The molecule has 142 valence electrons. The first-order valence-corrected chi connectivity index (χ1v) is 9.45. The van der Waals surface area contributed by atoms with Gasteiger partial charge >= 0.3 is 0 Å². The Balaban J connectivity index is 1.26. The van der Waals surface area contributed by atoms with E-state index in [1.165, 1.54) is 0 Å². The minimum absolute atomic E-state index is 0.0283. The van der Waals surface area contributed by atoms with Crippen molar-refractivity contribution in [1.82, 2.24) is 15.2 Å². The Morgan fingerprint density at radius 3 is 2.74 bits per heavy atom. The highest BCUT2D eigenvalue weighted by atomic mass is 16.5. The normalized spacial score (nSPS) is 22.4. The van der Waals surface area contributed by atoms with Gasteiger partial charge in [-0.1, -0.05) is 18.2 Å². The van der Waals surface area contributed by atoms with Crippen molar-refractivity contribution < 1.29 is 14.3 Å². The van der Waals surface area contributed by atoms with Crippen LogP contribution in [-0.2, 0) is 14.3 Å². The second kappa shape index (κ2) is 8.02. The Hall–Kier alpha value is -2.51. The molecule has 0 radical (unpaired) electrons. The first-order valence-electron chi connectivity index (χ1n) is 9.45. The molecule has 2 amide bonds. The van der Waals surface area contributed by atoms with Crippen LogP contribution in [0, 0.1) is 11.8 Å². The van der Waals surface area contributed by atoms with E-state index in [1.54, 1.807) is 6.20 Å². The van der Waals surface area contributed by atoms with Crippen molar-refractivity contribution in [3.63, 3.8) is 0 Å². The predicted molar refractivity (Wildman–Crippen MR) is 102 cm³/mol. The number of nitrogens with zero attached hydrogens (tertiary/aromatic N) is 2. The molecular weight excluding hydrogens is 344 g/mol. The summed E-state index contributed by atoms with van der Waals surface area (Å²) >= 11 is 0. The topological polar surface area (TPSA) is 83.6 Å². The molecule has 1 saturated heterocycles. The first kappa shape index (κ1) is 17.9. The average molecular weight is 368 g/mol. The second-order valence-corrected chi connectivity index (χ2v) is 7.06. The summed E-state index contributed by atoms with van der Waals surface area (Å²) in [5, 5.41) is 6.87. The fourth-order valence-electron chi connectivity index (χ4n) is 3.50. The molecule has 2 unspecified atom stereocenters. The molecule has 1 aliphatic heterocycles. The number of ether oxygens (including phenoxy) is 1. The third-order valence-electron chi connectivity index (χ3n) is 5.19. The molecule has 1 saturated carbocycles. The molecule has 4 rings (SSSR count). The zero-order chi connectivity index (χ0) is 18.6. The highest BCUT2D eigenvalue weighted by Gasteiger charge is 2.48. The summed E-state index contributed by atoms with van der Waals surface area (Å²) in [5.41, 5.74) is 1.46. The number of amides is 2. The van der Waals surface area contributed by atoms with Crippen LogP contribution in [0.5, 0.6) is 0 Å². The zero-order valence-electron chi connectivity index (χ0n) is 15.2. The molecule has 2 aromatic rings. The van der Waals surface area contributed by atoms with E-state index in [4.69, 9.17) is 4.74 Å². The first-order chi connectivity index (χ1) is 13.2. The predicted octanol–water partition coefficient (Wildman–Crippen LogP) is 1.26. The van der Waals surface area contributed by atoms with Crippen molar-refractivity contribution in [3.05, 3.63) is 36.5 Å². The minimum atomic E-state index is -0.257. The fourth-order valence-corrected chi connectivity index (χ4v) is 3.50. The van der Waals surface area contributed by atoms with Gasteiger partial charge in [0, 0.05) is 37.8 Å². The molecule has 1 aromatic heterocycles. The number of benzene rings is 1. The van der Waals surface area contributed by atoms with E-state index >= 15 is 0 Å². The summed E-state index contributed by atoms with van der Waals surface area (Å²) in [6, 6.07) is 9.52. The summed E-state index contributed by atoms with van der Waals surface area (Å²) < 4.78 is 5.31. The molecule has 2 aliphatic rings. The number of carbonyl (C=O) groups excluding carboxylic acids is 2. The number of anilines is 1. The van der Waals surface area contributed by atoms with Crippen molar-refractivity contribution in [2.75, 3.05) is 44.7 Å². The van der Waals surface area contributed by atoms with Gasteiger partial charge in [0.15, 0.2) is 0 Å². The lowest BCUT2D eigenvalue weighted by molar-refractivity contribution is -0.125. The van der Waals surface area contributed by atoms with E-state index < -0.39 is 0 Å². The number of pyridine rings is 1. The number of morpholine rings is 1. The van der Waals surface area contributed by atoms with Crippen molar-refractivity contribution >= 4 is 28.4 Å².